The number of nitrogens with one attached hydrogen (secondary N) is 1. The summed E-state index contributed by atoms with van der Waals surface area (Å²) >= 11 is 5.22. The third-order valence-corrected chi connectivity index (χ3v) is 4.83. The Morgan fingerprint density at radius 2 is 2.11 bits per heavy atom. The lowest BCUT2D eigenvalue weighted by Crippen LogP contribution is -2.21. The molecular weight excluding hydrogens is 325 g/mol. The average molecular weight is 342 g/mol. The van der Waals surface area contributed by atoms with Crippen molar-refractivity contribution in [1.82, 2.24) is 5.32 Å². The van der Waals surface area contributed by atoms with Crippen molar-refractivity contribution < 1.29 is 4.39 Å². The summed E-state index contributed by atoms with van der Waals surface area (Å²) in [4.78, 5) is 1.35. The summed E-state index contributed by atoms with van der Waals surface area (Å²) in [5.74, 6) is -0.131. The van der Waals surface area contributed by atoms with Crippen LogP contribution in [-0.2, 0) is 6.42 Å². The number of benzene rings is 1. The zero-order valence-corrected chi connectivity index (χ0v) is 13.4. The molecule has 0 aliphatic rings. The van der Waals surface area contributed by atoms with Crippen molar-refractivity contribution in [2.75, 3.05) is 6.54 Å². The molecule has 0 fully saturated rings. The van der Waals surface area contributed by atoms with Gasteiger partial charge >= 0.3 is 0 Å². The molecule has 1 N–H and O–H groups in total. The van der Waals surface area contributed by atoms with Gasteiger partial charge in [0.05, 0.1) is 3.79 Å². The number of hydrogen-bond donors (Lipinski definition) is 1. The van der Waals surface area contributed by atoms with E-state index in [1.165, 1.54) is 4.88 Å². The van der Waals surface area contributed by atoms with Gasteiger partial charge in [-0.25, -0.2) is 4.39 Å². The molecule has 0 saturated heterocycles. The van der Waals surface area contributed by atoms with Gasteiger partial charge in [0.2, 0.25) is 0 Å². The summed E-state index contributed by atoms with van der Waals surface area (Å²) in [5.41, 5.74) is 1.69. The van der Waals surface area contributed by atoms with E-state index >= 15 is 0 Å². The summed E-state index contributed by atoms with van der Waals surface area (Å²) in [6.45, 7) is 4.74. The normalized spacial score (nSPS) is 12.6. The van der Waals surface area contributed by atoms with E-state index in [0.29, 0.717) is 5.56 Å². The van der Waals surface area contributed by atoms with Crippen molar-refractivity contribution in [1.29, 1.82) is 0 Å². The molecule has 102 valence electrons. The van der Waals surface area contributed by atoms with Crippen LogP contribution in [0.4, 0.5) is 4.39 Å². The summed E-state index contributed by atoms with van der Waals surface area (Å²) < 4.78 is 14.7. The molecule has 1 aromatic heterocycles. The quantitative estimate of drug-likeness (QED) is 0.819. The molecule has 0 bridgehead atoms. The largest absolute Gasteiger partial charge is 0.310 e. The van der Waals surface area contributed by atoms with E-state index in [9.17, 15) is 4.39 Å². The highest BCUT2D eigenvalue weighted by Gasteiger charge is 2.07. The number of halogens is 2. The minimum atomic E-state index is -0.131. The second-order valence-corrected chi connectivity index (χ2v) is 7.19. The van der Waals surface area contributed by atoms with E-state index in [1.54, 1.807) is 24.3 Å². The van der Waals surface area contributed by atoms with Gasteiger partial charge in [-0.1, -0.05) is 12.1 Å². The average Bonchev–Trinajstić information content (AvgIpc) is 2.78. The van der Waals surface area contributed by atoms with E-state index < -0.39 is 0 Å². The van der Waals surface area contributed by atoms with Gasteiger partial charge in [-0.05, 0) is 65.5 Å². The third-order valence-electron chi connectivity index (χ3n) is 3.15. The van der Waals surface area contributed by atoms with Gasteiger partial charge in [0, 0.05) is 17.5 Å². The van der Waals surface area contributed by atoms with E-state index in [2.05, 4.69) is 40.3 Å². The molecular formula is C15H17BrFNS. The zero-order valence-electron chi connectivity index (χ0n) is 11.0. The summed E-state index contributed by atoms with van der Waals surface area (Å²) in [5, 5.41) is 3.43. The molecule has 1 nitrogen and oxygen atoms in total. The lowest BCUT2D eigenvalue weighted by molar-refractivity contribution is 0.566. The smallest absolute Gasteiger partial charge is 0.126 e. The molecule has 2 aromatic rings. The topological polar surface area (TPSA) is 12.0 Å². The Labute approximate surface area is 126 Å². The minimum Gasteiger partial charge on any atom is -0.310 e. The van der Waals surface area contributed by atoms with E-state index in [0.717, 1.165) is 22.3 Å². The Morgan fingerprint density at radius 1 is 1.32 bits per heavy atom. The molecule has 1 aromatic carbocycles. The zero-order chi connectivity index (χ0) is 13.8. The molecule has 4 heteroatoms. The molecule has 0 amide bonds. The van der Waals surface area contributed by atoms with Crippen LogP contribution in [0.2, 0.25) is 0 Å². The summed E-state index contributed by atoms with van der Waals surface area (Å²) in [6.07, 6.45) is 0.995. The Hall–Kier alpha value is -0.710. The predicted octanol–water partition coefficient (Wildman–Crippen LogP) is 4.85. The first-order valence-electron chi connectivity index (χ1n) is 6.30. The van der Waals surface area contributed by atoms with Gasteiger partial charge in [0.25, 0.3) is 0 Å². The van der Waals surface area contributed by atoms with Crippen LogP contribution in [0.5, 0.6) is 0 Å². The molecule has 0 aliphatic heterocycles. The maximum atomic E-state index is 13.5. The van der Waals surface area contributed by atoms with Crippen molar-refractivity contribution in [2.45, 2.75) is 26.3 Å². The van der Waals surface area contributed by atoms with Gasteiger partial charge in [-0.15, -0.1) is 11.3 Å². The first kappa shape index (κ1) is 14.7. The highest BCUT2D eigenvalue weighted by molar-refractivity contribution is 9.11. The Bertz CT molecular complexity index is 553. The number of thiophene rings is 1. The van der Waals surface area contributed by atoms with E-state index in [1.807, 2.05) is 12.1 Å². The van der Waals surface area contributed by atoms with Crippen molar-refractivity contribution >= 4 is 27.3 Å². The highest BCUT2D eigenvalue weighted by atomic mass is 79.9. The molecule has 2 rings (SSSR count). The SMILES string of the molecule is Cc1ccc(C(C)NCCc2ccc(Br)s2)cc1F. The minimum absolute atomic E-state index is 0.131. The van der Waals surface area contributed by atoms with Crippen LogP contribution >= 0.6 is 27.3 Å². The van der Waals surface area contributed by atoms with Gasteiger partial charge < -0.3 is 5.32 Å². The lowest BCUT2D eigenvalue weighted by atomic mass is 10.1. The van der Waals surface area contributed by atoms with Gasteiger partial charge in [0.1, 0.15) is 5.82 Å². The van der Waals surface area contributed by atoms with Crippen LogP contribution in [0.25, 0.3) is 0 Å². The van der Waals surface area contributed by atoms with Crippen molar-refractivity contribution in [3.05, 3.63) is 55.9 Å². The van der Waals surface area contributed by atoms with Crippen LogP contribution in [0.3, 0.4) is 0 Å². The molecule has 19 heavy (non-hydrogen) atoms. The fourth-order valence-corrected chi connectivity index (χ4v) is 3.38. The molecule has 1 heterocycles. The van der Waals surface area contributed by atoms with Crippen LogP contribution < -0.4 is 5.32 Å². The molecule has 0 aliphatic carbocycles. The predicted molar refractivity (Wildman–Crippen MR) is 83.3 cm³/mol. The molecule has 1 atom stereocenters. The molecule has 0 saturated carbocycles. The van der Waals surface area contributed by atoms with E-state index in [4.69, 9.17) is 0 Å². The fourth-order valence-electron chi connectivity index (χ4n) is 1.89. The first-order chi connectivity index (χ1) is 9.06. The van der Waals surface area contributed by atoms with E-state index in [-0.39, 0.29) is 11.9 Å². The Balaban J connectivity index is 1.86. The van der Waals surface area contributed by atoms with Crippen molar-refractivity contribution in [2.24, 2.45) is 0 Å². The highest BCUT2D eigenvalue weighted by Crippen LogP contribution is 2.22. The first-order valence-corrected chi connectivity index (χ1v) is 7.91. The maximum Gasteiger partial charge on any atom is 0.126 e. The number of rotatable bonds is 5. The van der Waals surface area contributed by atoms with Gasteiger partial charge in [-0.3, -0.25) is 0 Å². The molecule has 0 radical (unpaired) electrons. The maximum absolute atomic E-state index is 13.5. The Morgan fingerprint density at radius 3 is 2.74 bits per heavy atom. The van der Waals surface area contributed by atoms with Gasteiger partial charge in [0.15, 0.2) is 0 Å². The molecule has 1 unspecified atom stereocenters. The van der Waals surface area contributed by atoms with Crippen LogP contribution in [0.1, 0.15) is 29.0 Å². The second-order valence-electron chi connectivity index (χ2n) is 4.64. The Kier molecular flexibility index (Phi) is 5.13. The standard InChI is InChI=1S/C15H17BrFNS/c1-10-3-4-12(9-14(10)17)11(2)18-8-7-13-5-6-15(16)19-13/h3-6,9,11,18H,7-8H2,1-2H3. The number of aryl methyl sites for hydroxylation is 1. The van der Waals surface area contributed by atoms with Crippen LogP contribution in [0, 0.1) is 12.7 Å². The second kappa shape index (κ2) is 6.64. The van der Waals surface area contributed by atoms with Crippen molar-refractivity contribution in [3.8, 4) is 0 Å². The number of hydrogen-bond acceptors (Lipinski definition) is 2. The summed E-state index contributed by atoms with van der Waals surface area (Å²) in [6, 6.07) is 9.80. The van der Waals surface area contributed by atoms with Crippen molar-refractivity contribution in [3.63, 3.8) is 0 Å². The summed E-state index contributed by atoms with van der Waals surface area (Å²) in [7, 11) is 0. The molecule has 0 spiro atoms. The monoisotopic (exact) mass is 341 g/mol. The third kappa shape index (κ3) is 4.13. The van der Waals surface area contributed by atoms with Gasteiger partial charge in [-0.2, -0.15) is 0 Å². The van der Waals surface area contributed by atoms with Crippen LogP contribution in [-0.4, -0.2) is 6.54 Å². The van der Waals surface area contributed by atoms with Crippen LogP contribution in [0.15, 0.2) is 34.1 Å². The lowest BCUT2D eigenvalue weighted by Gasteiger charge is -2.14. The fraction of sp³-hybridized carbons (Fsp3) is 0.333.